The third kappa shape index (κ3) is 4.56. The number of hydrogen-bond donors (Lipinski definition) is 0. The van der Waals surface area contributed by atoms with E-state index >= 15 is 0 Å². The topological polar surface area (TPSA) is 53.1 Å². The lowest BCUT2D eigenvalue weighted by molar-refractivity contribution is -0.136. The van der Waals surface area contributed by atoms with Crippen molar-refractivity contribution >= 4 is 11.8 Å². The lowest BCUT2D eigenvalue weighted by Crippen LogP contribution is -2.55. The zero-order chi connectivity index (χ0) is 24.4. The number of rotatable bonds is 5. The summed E-state index contributed by atoms with van der Waals surface area (Å²) in [7, 11) is 1.66. The fourth-order valence-electron chi connectivity index (χ4n) is 6.21. The van der Waals surface area contributed by atoms with Gasteiger partial charge in [0, 0.05) is 37.8 Å². The smallest absolute Gasteiger partial charge is 0.254 e. The monoisotopic (exact) mass is 475 g/mol. The Morgan fingerprint density at radius 1 is 0.943 bits per heavy atom. The van der Waals surface area contributed by atoms with Crippen LogP contribution in [-0.4, -0.2) is 72.4 Å². The van der Waals surface area contributed by atoms with E-state index in [4.69, 9.17) is 4.74 Å². The third-order valence-corrected chi connectivity index (χ3v) is 8.20. The SMILES string of the molecule is CCN1CCN(C(=O)[C@@H]2c3ccccc3C(=O)N(C3CCCCC3)[C@@H]2c2ccc(OC)cc2)CC1. The summed E-state index contributed by atoms with van der Waals surface area (Å²) in [5, 5.41) is 0. The van der Waals surface area contributed by atoms with E-state index in [1.807, 2.05) is 53.4 Å². The molecule has 0 unspecified atom stereocenters. The molecular weight excluding hydrogens is 438 g/mol. The molecule has 1 saturated heterocycles. The predicted octanol–water partition coefficient (Wildman–Crippen LogP) is 4.47. The molecule has 2 aromatic carbocycles. The molecule has 2 atom stereocenters. The number of methoxy groups -OCH3 is 1. The molecule has 0 spiro atoms. The van der Waals surface area contributed by atoms with Crippen LogP contribution in [0.5, 0.6) is 5.75 Å². The number of fused-ring (bicyclic) bond motifs is 1. The minimum absolute atomic E-state index is 0.0631. The molecule has 2 amide bonds. The van der Waals surface area contributed by atoms with Gasteiger partial charge in [-0.25, -0.2) is 0 Å². The Morgan fingerprint density at radius 2 is 1.63 bits per heavy atom. The fourth-order valence-corrected chi connectivity index (χ4v) is 6.21. The van der Waals surface area contributed by atoms with E-state index in [0.29, 0.717) is 5.56 Å². The molecule has 2 aliphatic heterocycles. The van der Waals surface area contributed by atoms with Crippen molar-refractivity contribution < 1.29 is 14.3 Å². The summed E-state index contributed by atoms with van der Waals surface area (Å²) in [5.74, 6) is 0.571. The van der Waals surface area contributed by atoms with Crippen molar-refractivity contribution in [1.29, 1.82) is 0 Å². The van der Waals surface area contributed by atoms with Crippen LogP contribution in [-0.2, 0) is 4.79 Å². The number of hydrogen-bond acceptors (Lipinski definition) is 4. The standard InChI is InChI=1S/C29H37N3O3/c1-3-30-17-19-31(20-18-30)29(34)26-24-11-7-8-12-25(24)28(33)32(22-9-5-4-6-10-22)27(26)21-13-15-23(35-2)16-14-21/h7-8,11-16,22,26-27H,3-6,9-10,17-20H2,1-2H3/t26-,27-/m1/s1. The zero-order valence-electron chi connectivity index (χ0n) is 21.0. The van der Waals surface area contributed by atoms with Gasteiger partial charge in [0.2, 0.25) is 5.91 Å². The molecule has 186 valence electrons. The molecule has 1 saturated carbocycles. The maximum absolute atomic E-state index is 14.3. The van der Waals surface area contributed by atoms with Gasteiger partial charge in [0.25, 0.3) is 5.91 Å². The highest BCUT2D eigenvalue weighted by Gasteiger charge is 2.47. The van der Waals surface area contributed by atoms with Crippen LogP contribution in [0.3, 0.4) is 0 Å². The van der Waals surface area contributed by atoms with E-state index in [-0.39, 0.29) is 23.9 Å². The van der Waals surface area contributed by atoms with E-state index in [0.717, 1.165) is 75.3 Å². The van der Waals surface area contributed by atoms with Crippen LogP contribution in [0.15, 0.2) is 48.5 Å². The number of likely N-dealkylation sites (N-methyl/N-ethyl adjacent to an activating group) is 1. The second-order valence-electron chi connectivity index (χ2n) is 10.0. The normalized spacial score (nSPS) is 23.8. The molecule has 5 rings (SSSR count). The Labute approximate surface area is 208 Å². The van der Waals surface area contributed by atoms with Gasteiger partial charge < -0.3 is 19.4 Å². The third-order valence-electron chi connectivity index (χ3n) is 8.20. The largest absolute Gasteiger partial charge is 0.497 e. The van der Waals surface area contributed by atoms with Crippen molar-refractivity contribution in [3.8, 4) is 5.75 Å². The second kappa shape index (κ2) is 10.4. The van der Waals surface area contributed by atoms with Gasteiger partial charge in [0.15, 0.2) is 0 Å². The molecule has 0 radical (unpaired) electrons. The summed E-state index contributed by atoms with van der Waals surface area (Å²) in [4.78, 5) is 34.8. The first-order valence-corrected chi connectivity index (χ1v) is 13.2. The van der Waals surface area contributed by atoms with Crippen LogP contribution in [0.2, 0.25) is 0 Å². The number of benzene rings is 2. The summed E-state index contributed by atoms with van der Waals surface area (Å²) in [6.45, 7) is 6.44. The van der Waals surface area contributed by atoms with Crippen molar-refractivity contribution in [2.24, 2.45) is 0 Å². The van der Waals surface area contributed by atoms with Crippen LogP contribution < -0.4 is 4.74 Å². The Kier molecular flexibility index (Phi) is 7.09. The van der Waals surface area contributed by atoms with Gasteiger partial charge in [0.1, 0.15) is 5.75 Å². The lowest BCUT2D eigenvalue weighted by atomic mass is 9.77. The van der Waals surface area contributed by atoms with E-state index in [2.05, 4.69) is 16.7 Å². The molecule has 35 heavy (non-hydrogen) atoms. The van der Waals surface area contributed by atoms with Gasteiger partial charge in [-0.05, 0) is 48.7 Å². The van der Waals surface area contributed by atoms with Crippen molar-refractivity contribution in [2.45, 2.75) is 57.0 Å². The molecule has 0 bridgehead atoms. The Bertz CT molecular complexity index is 1040. The molecule has 6 nitrogen and oxygen atoms in total. The van der Waals surface area contributed by atoms with Crippen molar-refractivity contribution in [2.75, 3.05) is 39.8 Å². The van der Waals surface area contributed by atoms with Gasteiger partial charge in [-0.1, -0.05) is 56.5 Å². The highest BCUT2D eigenvalue weighted by molar-refractivity contribution is 6.01. The van der Waals surface area contributed by atoms with Crippen molar-refractivity contribution in [3.05, 3.63) is 65.2 Å². The summed E-state index contributed by atoms with van der Waals surface area (Å²) in [6, 6.07) is 15.6. The zero-order valence-corrected chi connectivity index (χ0v) is 21.0. The van der Waals surface area contributed by atoms with Gasteiger partial charge in [0.05, 0.1) is 19.1 Å². The predicted molar refractivity (Wildman–Crippen MR) is 137 cm³/mol. The van der Waals surface area contributed by atoms with Gasteiger partial charge in [-0.3, -0.25) is 9.59 Å². The van der Waals surface area contributed by atoms with Gasteiger partial charge in [-0.15, -0.1) is 0 Å². The minimum Gasteiger partial charge on any atom is -0.497 e. The number of carbonyl (C=O) groups excluding carboxylic acids is 2. The fraction of sp³-hybridized carbons (Fsp3) is 0.517. The van der Waals surface area contributed by atoms with Gasteiger partial charge >= 0.3 is 0 Å². The number of carbonyl (C=O) groups is 2. The lowest BCUT2D eigenvalue weighted by Gasteiger charge is -2.48. The van der Waals surface area contributed by atoms with Crippen LogP contribution in [0.4, 0.5) is 0 Å². The Balaban J connectivity index is 1.60. The summed E-state index contributed by atoms with van der Waals surface area (Å²) in [6.07, 6.45) is 5.46. The highest BCUT2D eigenvalue weighted by Crippen LogP contribution is 2.46. The number of piperazine rings is 1. The van der Waals surface area contributed by atoms with E-state index < -0.39 is 5.92 Å². The highest BCUT2D eigenvalue weighted by atomic mass is 16.5. The Hall–Kier alpha value is -2.86. The maximum Gasteiger partial charge on any atom is 0.254 e. The maximum atomic E-state index is 14.3. The van der Waals surface area contributed by atoms with Crippen LogP contribution >= 0.6 is 0 Å². The number of amides is 2. The average Bonchev–Trinajstić information content (AvgIpc) is 2.93. The first kappa shape index (κ1) is 23.9. The van der Waals surface area contributed by atoms with Crippen LogP contribution in [0.25, 0.3) is 0 Å². The molecule has 0 N–H and O–H groups in total. The minimum atomic E-state index is -0.410. The average molecular weight is 476 g/mol. The van der Waals surface area contributed by atoms with E-state index in [9.17, 15) is 9.59 Å². The van der Waals surface area contributed by atoms with Gasteiger partial charge in [-0.2, -0.15) is 0 Å². The number of ether oxygens (including phenoxy) is 1. The van der Waals surface area contributed by atoms with E-state index in [1.54, 1.807) is 7.11 Å². The van der Waals surface area contributed by atoms with Crippen LogP contribution in [0.1, 0.15) is 72.5 Å². The first-order valence-electron chi connectivity index (χ1n) is 13.2. The molecule has 3 aliphatic rings. The molecule has 2 fully saturated rings. The second-order valence-corrected chi connectivity index (χ2v) is 10.0. The first-order chi connectivity index (χ1) is 17.1. The van der Waals surface area contributed by atoms with Crippen LogP contribution in [0, 0.1) is 0 Å². The molecular formula is C29H37N3O3. The molecule has 6 heteroatoms. The van der Waals surface area contributed by atoms with Crippen molar-refractivity contribution in [1.82, 2.24) is 14.7 Å². The molecule has 2 aromatic rings. The molecule has 0 aromatic heterocycles. The quantitative estimate of drug-likeness (QED) is 0.640. The summed E-state index contributed by atoms with van der Waals surface area (Å²) in [5.41, 5.74) is 2.56. The Morgan fingerprint density at radius 3 is 2.29 bits per heavy atom. The van der Waals surface area contributed by atoms with Crippen molar-refractivity contribution in [3.63, 3.8) is 0 Å². The molecule has 1 aliphatic carbocycles. The summed E-state index contributed by atoms with van der Waals surface area (Å²) >= 11 is 0. The number of nitrogens with zero attached hydrogens (tertiary/aromatic N) is 3. The molecule has 2 heterocycles. The summed E-state index contributed by atoms with van der Waals surface area (Å²) < 4.78 is 5.41. The van der Waals surface area contributed by atoms with E-state index in [1.165, 1.54) is 6.42 Å².